The molecule has 0 aliphatic carbocycles. The van der Waals surface area contributed by atoms with Crippen molar-refractivity contribution >= 4 is 35.1 Å². The number of thioether (sulfide) groups is 2. The van der Waals surface area contributed by atoms with Gasteiger partial charge in [-0.25, -0.2) is 4.39 Å². The van der Waals surface area contributed by atoms with Gasteiger partial charge in [0.15, 0.2) is 0 Å². The molecule has 2 rings (SSSR count). The molecule has 0 saturated heterocycles. The van der Waals surface area contributed by atoms with Gasteiger partial charge in [-0.2, -0.15) is 8.78 Å². The van der Waals surface area contributed by atoms with Crippen molar-refractivity contribution in [2.75, 3.05) is 11.1 Å². The Morgan fingerprint density at radius 3 is 2.48 bits per heavy atom. The number of anilines is 1. The lowest BCUT2D eigenvalue weighted by molar-refractivity contribution is -0.115. The lowest BCUT2D eigenvalue weighted by Crippen LogP contribution is -2.12. The Kier molecular flexibility index (Phi) is 6.85. The normalized spacial score (nSPS) is 10.8. The average Bonchev–Trinajstić information content (AvgIpc) is 2.51. The number of halogens is 3. The van der Waals surface area contributed by atoms with Crippen LogP contribution in [0, 0.1) is 5.82 Å². The Balaban J connectivity index is 1.84. The van der Waals surface area contributed by atoms with E-state index in [4.69, 9.17) is 0 Å². The molecule has 2 nitrogen and oxygen atoms in total. The maximum atomic E-state index is 12.8. The third-order valence-electron chi connectivity index (χ3n) is 2.79. The van der Waals surface area contributed by atoms with Crippen LogP contribution in [0.2, 0.25) is 0 Å². The summed E-state index contributed by atoms with van der Waals surface area (Å²) in [5.41, 5.74) is 0.384. The summed E-state index contributed by atoms with van der Waals surface area (Å²) in [6.07, 6.45) is 0.232. The summed E-state index contributed by atoms with van der Waals surface area (Å²) in [6.45, 7) is 0. The quantitative estimate of drug-likeness (QED) is 0.685. The summed E-state index contributed by atoms with van der Waals surface area (Å²) in [5.74, 6) is -2.58. The van der Waals surface area contributed by atoms with Crippen LogP contribution in [0.3, 0.4) is 0 Å². The summed E-state index contributed by atoms with van der Waals surface area (Å²) in [4.78, 5) is 13.1. The van der Waals surface area contributed by atoms with Gasteiger partial charge in [-0.1, -0.05) is 23.9 Å². The van der Waals surface area contributed by atoms with Crippen molar-refractivity contribution in [3.8, 4) is 0 Å². The number of carbonyl (C=O) groups is 1. The van der Waals surface area contributed by atoms with E-state index in [9.17, 15) is 18.0 Å². The van der Waals surface area contributed by atoms with Crippen molar-refractivity contribution in [2.45, 2.75) is 22.0 Å². The van der Waals surface area contributed by atoms with Crippen LogP contribution in [0.1, 0.15) is 6.42 Å². The van der Waals surface area contributed by atoms with Gasteiger partial charge in [-0.05, 0) is 36.4 Å². The van der Waals surface area contributed by atoms with Crippen molar-refractivity contribution in [1.82, 2.24) is 0 Å². The number of nitrogens with one attached hydrogen (secondary N) is 1. The fraction of sp³-hybridized carbons (Fsp3) is 0.188. The molecular weight excluding hydrogens is 343 g/mol. The van der Waals surface area contributed by atoms with Crippen LogP contribution in [0.25, 0.3) is 0 Å². The predicted molar refractivity (Wildman–Crippen MR) is 88.7 cm³/mol. The third-order valence-corrected chi connectivity index (χ3v) is 4.59. The molecule has 7 heteroatoms. The molecule has 0 aromatic heterocycles. The van der Waals surface area contributed by atoms with Crippen molar-refractivity contribution in [1.29, 1.82) is 0 Å². The van der Waals surface area contributed by atoms with Crippen molar-refractivity contribution in [3.05, 3.63) is 54.3 Å². The highest BCUT2D eigenvalue weighted by atomic mass is 32.2. The van der Waals surface area contributed by atoms with Crippen molar-refractivity contribution < 1.29 is 18.0 Å². The predicted octanol–water partition coefficient (Wildman–Crippen LogP) is 5.26. The van der Waals surface area contributed by atoms with Crippen LogP contribution in [0.15, 0.2) is 58.3 Å². The minimum Gasteiger partial charge on any atom is -0.325 e. The number of amides is 1. The molecule has 0 atom stereocenters. The number of para-hydroxylation sites is 1. The molecule has 2 aromatic carbocycles. The second kappa shape index (κ2) is 8.88. The van der Waals surface area contributed by atoms with Crippen LogP contribution >= 0.6 is 23.5 Å². The van der Waals surface area contributed by atoms with E-state index in [1.165, 1.54) is 23.9 Å². The van der Waals surface area contributed by atoms with Gasteiger partial charge >= 0.3 is 0 Å². The van der Waals surface area contributed by atoms with Crippen LogP contribution in [0.4, 0.5) is 18.9 Å². The first kappa shape index (κ1) is 17.7. The Morgan fingerprint density at radius 1 is 1.09 bits per heavy atom. The van der Waals surface area contributed by atoms with E-state index in [0.717, 1.165) is 4.90 Å². The maximum Gasteiger partial charge on any atom is 0.288 e. The molecule has 0 spiro atoms. The third kappa shape index (κ3) is 6.19. The van der Waals surface area contributed by atoms with Crippen LogP contribution < -0.4 is 5.32 Å². The van der Waals surface area contributed by atoms with Gasteiger partial charge in [0, 0.05) is 22.0 Å². The van der Waals surface area contributed by atoms with Crippen LogP contribution in [-0.4, -0.2) is 17.4 Å². The van der Waals surface area contributed by atoms with Crippen LogP contribution in [-0.2, 0) is 4.79 Å². The topological polar surface area (TPSA) is 29.1 Å². The molecule has 0 aliphatic heterocycles. The number of benzene rings is 2. The monoisotopic (exact) mass is 357 g/mol. The number of rotatable bonds is 7. The SMILES string of the molecule is O=C(CCSc1ccc(F)cc1)Nc1ccccc1SC(F)F. The Morgan fingerprint density at radius 2 is 1.78 bits per heavy atom. The standard InChI is InChI=1S/C16H14F3NOS2/c17-11-5-7-12(8-6-11)22-10-9-15(21)20-13-3-1-2-4-14(13)23-16(18)19/h1-8,16H,9-10H2,(H,20,21). The maximum absolute atomic E-state index is 12.8. The molecule has 0 aliphatic rings. The number of hydrogen-bond acceptors (Lipinski definition) is 3. The molecule has 0 heterocycles. The zero-order valence-corrected chi connectivity index (χ0v) is 13.6. The molecule has 0 radical (unpaired) electrons. The van der Waals surface area contributed by atoms with Gasteiger partial charge in [0.1, 0.15) is 5.82 Å². The minimum atomic E-state index is -2.54. The van der Waals surface area contributed by atoms with E-state index in [1.807, 2.05) is 0 Å². The molecule has 1 N–H and O–H groups in total. The first-order valence-corrected chi connectivity index (χ1v) is 8.63. The van der Waals surface area contributed by atoms with E-state index >= 15 is 0 Å². The summed E-state index contributed by atoms with van der Waals surface area (Å²) >= 11 is 1.83. The molecule has 122 valence electrons. The first-order valence-electron chi connectivity index (χ1n) is 6.76. The molecule has 2 aromatic rings. The van der Waals surface area contributed by atoms with Crippen LogP contribution in [0.5, 0.6) is 0 Å². The fourth-order valence-corrected chi connectivity index (χ4v) is 3.22. The van der Waals surface area contributed by atoms with E-state index in [2.05, 4.69) is 5.32 Å². The second-order valence-corrected chi connectivity index (χ2v) is 6.68. The molecule has 1 amide bonds. The van der Waals surface area contributed by atoms with Gasteiger partial charge < -0.3 is 5.32 Å². The summed E-state index contributed by atoms with van der Waals surface area (Å²) in [6, 6.07) is 12.5. The van der Waals surface area contributed by atoms with Gasteiger partial charge in [0.05, 0.1) is 5.69 Å². The van der Waals surface area contributed by atoms with Gasteiger partial charge in [-0.3, -0.25) is 4.79 Å². The Hall–Kier alpha value is -1.60. The van der Waals surface area contributed by atoms with Crippen molar-refractivity contribution in [2.24, 2.45) is 0 Å². The van der Waals surface area contributed by atoms with E-state index in [1.54, 1.807) is 36.4 Å². The van der Waals surface area contributed by atoms with Gasteiger partial charge in [0.25, 0.3) is 5.76 Å². The van der Waals surface area contributed by atoms with E-state index in [0.29, 0.717) is 28.1 Å². The highest BCUT2D eigenvalue weighted by Gasteiger charge is 2.11. The smallest absolute Gasteiger partial charge is 0.288 e. The molecule has 0 fully saturated rings. The molecule has 0 saturated carbocycles. The van der Waals surface area contributed by atoms with Crippen molar-refractivity contribution in [3.63, 3.8) is 0 Å². The largest absolute Gasteiger partial charge is 0.325 e. The molecule has 0 bridgehead atoms. The number of hydrogen-bond donors (Lipinski definition) is 1. The highest BCUT2D eigenvalue weighted by Crippen LogP contribution is 2.31. The molecule has 0 unspecified atom stereocenters. The van der Waals surface area contributed by atoms with Gasteiger partial charge in [0.2, 0.25) is 5.91 Å². The number of alkyl halides is 2. The summed E-state index contributed by atoms with van der Waals surface area (Å²) < 4.78 is 37.7. The lowest BCUT2D eigenvalue weighted by atomic mass is 10.3. The summed E-state index contributed by atoms with van der Waals surface area (Å²) in [7, 11) is 0. The lowest BCUT2D eigenvalue weighted by Gasteiger charge is -2.10. The second-order valence-electron chi connectivity index (χ2n) is 4.48. The van der Waals surface area contributed by atoms with E-state index < -0.39 is 5.76 Å². The Bertz CT molecular complexity index is 650. The molecule has 23 heavy (non-hydrogen) atoms. The average molecular weight is 357 g/mol. The Labute approximate surface area is 140 Å². The zero-order valence-electron chi connectivity index (χ0n) is 12.0. The summed E-state index contributed by atoms with van der Waals surface area (Å²) in [5, 5.41) is 2.64. The highest BCUT2D eigenvalue weighted by molar-refractivity contribution is 7.99. The van der Waals surface area contributed by atoms with E-state index in [-0.39, 0.29) is 18.1 Å². The minimum absolute atomic E-state index is 0.232. The van der Waals surface area contributed by atoms with Gasteiger partial charge in [-0.15, -0.1) is 11.8 Å². The first-order chi connectivity index (χ1) is 11.0. The fourth-order valence-electron chi connectivity index (χ4n) is 1.77. The zero-order chi connectivity index (χ0) is 16.7. The molecular formula is C16H14F3NOS2. The number of carbonyl (C=O) groups excluding carboxylic acids is 1.